The van der Waals surface area contributed by atoms with Crippen molar-refractivity contribution in [2.75, 3.05) is 11.5 Å². The van der Waals surface area contributed by atoms with Gasteiger partial charge in [-0.2, -0.15) is 0 Å². The van der Waals surface area contributed by atoms with Crippen molar-refractivity contribution < 1.29 is 0 Å². The summed E-state index contributed by atoms with van der Waals surface area (Å²) in [5.41, 5.74) is 6.89. The van der Waals surface area contributed by atoms with Crippen LogP contribution in [0.4, 0.5) is 5.82 Å². The van der Waals surface area contributed by atoms with Gasteiger partial charge in [0, 0.05) is 18.1 Å². The van der Waals surface area contributed by atoms with Crippen molar-refractivity contribution in [1.82, 2.24) is 9.97 Å². The van der Waals surface area contributed by atoms with Gasteiger partial charge in [-0.1, -0.05) is 54.2 Å². The zero-order chi connectivity index (χ0) is 11.9. The normalized spacial score (nSPS) is 10.8. The highest BCUT2D eigenvalue weighted by Crippen LogP contribution is 2.19. The lowest BCUT2D eigenvalue weighted by atomic mass is 10.2. The molecule has 0 saturated heterocycles. The lowest BCUT2D eigenvalue weighted by molar-refractivity contribution is 1.07. The van der Waals surface area contributed by atoms with E-state index >= 15 is 0 Å². The summed E-state index contributed by atoms with van der Waals surface area (Å²) in [5, 5.41) is 0.783. The zero-order valence-corrected chi connectivity index (χ0v) is 10.1. The number of nitrogen functional groups attached to an aromatic ring is 1. The summed E-state index contributed by atoms with van der Waals surface area (Å²) >= 11 is 1.58. The number of thioether (sulfide) groups is 1. The maximum atomic E-state index is 5.70. The van der Waals surface area contributed by atoms with Gasteiger partial charge in [0.2, 0.25) is 0 Å². The van der Waals surface area contributed by atoms with Crippen LogP contribution in [-0.4, -0.2) is 15.7 Å². The summed E-state index contributed by atoms with van der Waals surface area (Å²) in [6.07, 6.45) is 7.42. The third-order valence-corrected chi connectivity index (χ3v) is 3.06. The number of benzene rings is 1. The van der Waals surface area contributed by atoms with Crippen molar-refractivity contribution in [2.45, 2.75) is 5.03 Å². The highest BCUT2D eigenvalue weighted by Gasteiger charge is 1.98. The molecule has 0 aliphatic heterocycles. The minimum atomic E-state index is 0.491. The van der Waals surface area contributed by atoms with Gasteiger partial charge >= 0.3 is 0 Å². The Bertz CT molecular complexity index is 497. The Kier molecular flexibility index (Phi) is 4.16. The smallest absolute Gasteiger partial charge is 0.156 e. The van der Waals surface area contributed by atoms with Crippen LogP contribution in [0.5, 0.6) is 0 Å². The van der Waals surface area contributed by atoms with E-state index in [1.807, 2.05) is 18.2 Å². The van der Waals surface area contributed by atoms with Crippen molar-refractivity contribution in [3.8, 4) is 0 Å². The fourth-order valence-electron chi connectivity index (χ4n) is 1.32. The minimum Gasteiger partial charge on any atom is -0.381 e. The van der Waals surface area contributed by atoms with Crippen molar-refractivity contribution in [2.24, 2.45) is 0 Å². The molecule has 0 aliphatic rings. The van der Waals surface area contributed by atoms with Crippen LogP contribution in [-0.2, 0) is 0 Å². The molecule has 0 unspecified atom stereocenters. The molecule has 0 saturated carbocycles. The van der Waals surface area contributed by atoms with Crippen LogP contribution < -0.4 is 5.73 Å². The molecule has 0 spiro atoms. The van der Waals surface area contributed by atoms with Crippen LogP contribution in [0.2, 0.25) is 0 Å². The SMILES string of the molecule is Nc1nccnc1SC/C=C/c1ccccc1. The summed E-state index contributed by atoms with van der Waals surface area (Å²) in [7, 11) is 0. The molecule has 2 N–H and O–H groups in total. The number of hydrogen-bond acceptors (Lipinski definition) is 4. The van der Waals surface area contributed by atoms with Crippen molar-refractivity contribution in [3.05, 3.63) is 54.4 Å². The van der Waals surface area contributed by atoms with Crippen LogP contribution in [0.15, 0.2) is 53.8 Å². The van der Waals surface area contributed by atoms with Crippen LogP contribution in [0.3, 0.4) is 0 Å². The van der Waals surface area contributed by atoms with Crippen LogP contribution in [0.25, 0.3) is 6.08 Å². The summed E-state index contributed by atoms with van der Waals surface area (Å²) in [6, 6.07) is 10.2. The molecule has 0 fully saturated rings. The van der Waals surface area contributed by atoms with E-state index in [1.54, 1.807) is 24.2 Å². The zero-order valence-electron chi connectivity index (χ0n) is 9.28. The molecule has 2 rings (SSSR count). The van der Waals surface area contributed by atoms with Gasteiger partial charge in [-0.15, -0.1) is 0 Å². The third-order valence-electron chi connectivity index (χ3n) is 2.12. The molecule has 3 nitrogen and oxygen atoms in total. The lowest BCUT2D eigenvalue weighted by Gasteiger charge is -1.99. The molecule has 1 aromatic heterocycles. The van der Waals surface area contributed by atoms with Gasteiger partial charge in [-0.05, 0) is 5.56 Å². The predicted octanol–water partition coefficient (Wildman–Crippen LogP) is 2.86. The maximum absolute atomic E-state index is 5.70. The van der Waals surface area contributed by atoms with E-state index in [9.17, 15) is 0 Å². The number of hydrogen-bond donors (Lipinski definition) is 1. The van der Waals surface area contributed by atoms with E-state index in [-0.39, 0.29) is 0 Å². The molecule has 4 heteroatoms. The minimum absolute atomic E-state index is 0.491. The van der Waals surface area contributed by atoms with E-state index in [2.05, 4.69) is 34.3 Å². The molecule has 2 aromatic rings. The van der Waals surface area contributed by atoms with Crippen LogP contribution in [0, 0.1) is 0 Å². The Balaban J connectivity index is 1.88. The summed E-state index contributed by atoms with van der Waals surface area (Å²) in [6.45, 7) is 0. The van der Waals surface area contributed by atoms with Crippen molar-refractivity contribution in [3.63, 3.8) is 0 Å². The van der Waals surface area contributed by atoms with E-state index < -0.39 is 0 Å². The second-order valence-corrected chi connectivity index (χ2v) is 4.38. The molecule has 86 valence electrons. The molecule has 17 heavy (non-hydrogen) atoms. The topological polar surface area (TPSA) is 51.8 Å². The first-order chi connectivity index (χ1) is 8.36. The molecule has 0 atom stereocenters. The first-order valence-corrected chi connectivity index (χ1v) is 6.25. The van der Waals surface area contributed by atoms with E-state index in [1.165, 1.54) is 5.56 Å². The second kappa shape index (κ2) is 6.06. The van der Waals surface area contributed by atoms with Crippen molar-refractivity contribution in [1.29, 1.82) is 0 Å². The predicted molar refractivity (Wildman–Crippen MR) is 72.6 cm³/mol. The first kappa shape index (κ1) is 11.7. The van der Waals surface area contributed by atoms with Gasteiger partial charge in [0.25, 0.3) is 0 Å². The standard InChI is InChI=1S/C13H13N3S/c14-12-13(16-9-8-15-12)17-10-4-7-11-5-2-1-3-6-11/h1-9H,10H2,(H2,14,15)/b7-4+. The Morgan fingerprint density at radius 3 is 2.65 bits per heavy atom. The molecule has 0 amide bonds. The molecule has 1 aromatic carbocycles. The Morgan fingerprint density at radius 1 is 1.12 bits per heavy atom. The third kappa shape index (κ3) is 3.60. The Hall–Kier alpha value is -1.81. The van der Waals surface area contributed by atoms with E-state index in [4.69, 9.17) is 5.73 Å². The number of nitrogens with zero attached hydrogens (tertiary/aromatic N) is 2. The first-order valence-electron chi connectivity index (χ1n) is 5.27. The fourth-order valence-corrected chi connectivity index (χ4v) is 2.01. The van der Waals surface area contributed by atoms with Gasteiger partial charge in [-0.3, -0.25) is 0 Å². The van der Waals surface area contributed by atoms with Crippen molar-refractivity contribution >= 4 is 23.7 Å². The average molecular weight is 243 g/mol. The van der Waals surface area contributed by atoms with Gasteiger partial charge in [0.1, 0.15) is 5.03 Å². The Labute approximate surface area is 105 Å². The Morgan fingerprint density at radius 2 is 1.88 bits per heavy atom. The van der Waals surface area contributed by atoms with Gasteiger partial charge in [0.05, 0.1) is 0 Å². The van der Waals surface area contributed by atoms with Gasteiger partial charge in [-0.25, -0.2) is 9.97 Å². The molecular weight excluding hydrogens is 230 g/mol. The van der Waals surface area contributed by atoms with E-state index in [0.717, 1.165) is 10.8 Å². The summed E-state index contributed by atoms with van der Waals surface area (Å²) < 4.78 is 0. The summed E-state index contributed by atoms with van der Waals surface area (Å²) in [4.78, 5) is 8.15. The fraction of sp³-hybridized carbons (Fsp3) is 0.0769. The van der Waals surface area contributed by atoms with Crippen LogP contribution in [0.1, 0.15) is 5.56 Å². The second-order valence-electron chi connectivity index (χ2n) is 3.37. The average Bonchev–Trinajstić information content (AvgIpc) is 2.38. The number of aromatic nitrogens is 2. The quantitative estimate of drug-likeness (QED) is 0.839. The molecule has 0 bridgehead atoms. The largest absolute Gasteiger partial charge is 0.381 e. The van der Waals surface area contributed by atoms with Crippen LogP contribution >= 0.6 is 11.8 Å². The van der Waals surface area contributed by atoms with Gasteiger partial charge < -0.3 is 5.73 Å². The number of anilines is 1. The van der Waals surface area contributed by atoms with Gasteiger partial charge in [0.15, 0.2) is 5.82 Å². The highest BCUT2D eigenvalue weighted by atomic mass is 32.2. The molecule has 0 radical (unpaired) electrons. The molecule has 1 heterocycles. The number of nitrogens with two attached hydrogens (primary N) is 1. The monoisotopic (exact) mass is 243 g/mol. The molecular formula is C13H13N3S. The highest BCUT2D eigenvalue weighted by molar-refractivity contribution is 7.99. The lowest BCUT2D eigenvalue weighted by Crippen LogP contribution is -1.94. The van der Waals surface area contributed by atoms with E-state index in [0.29, 0.717) is 5.82 Å². The maximum Gasteiger partial charge on any atom is 0.156 e. The molecule has 0 aliphatic carbocycles. The summed E-state index contributed by atoms with van der Waals surface area (Å²) in [5.74, 6) is 1.32. The number of rotatable bonds is 4.